The van der Waals surface area contributed by atoms with Crippen LogP contribution in [-0.2, 0) is 12.5 Å². The van der Waals surface area contributed by atoms with Gasteiger partial charge in [-0.25, -0.2) is 4.39 Å². The van der Waals surface area contributed by atoms with Crippen LogP contribution in [0.3, 0.4) is 0 Å². The lowest BCUT2D eigenvalue weighted by Gasteiger charge is -2.12. The number of halogens is 3. The van der Waals surface area contributed by atoms with E-state index in [1.807, 2.05) is 6.07 Å². The molecule has 0 atom stereocenters. The van der Waals surface area contributed by atoms with Gasteiger partial charge in [0.05, 0.1) is 7.11 Å². The molecule has 0 aliphatic rings. The monoisotopic (exact) mass is 358 g/mol. The number of benzene rings is 2. The molecule has 0 aromatic heterocycles. The van der Waals surface area contributed by atoms with Gasteiger partial charge < -0.3 is 9.47 Å². The maximum absolute atomic E-state index is 13.6. The van der Waals surface area contributed by atoms with Crippen LogP contribution in [0.15, 0.2) is 40.9 Å². The normalized spacial score (nSPS) is 10.4. The van der Waals surface area contributed by atoms with Gasteiger partial charge in [-0.1, -0.05) is 22.0 Å². The lowest BCUT2D eigenvalue weighted by atomic mass is 10.2. The van der Waals surface area contributed by atoms with E-state index in [0.717, 1.165) is 10.0 Å². The first-order valence-electron chi connectivity index (χ1n) is 5.93. The Kier molecular flexibility index (Phi) is 5.26. The van der Waals surface area contributed by atoms with Gasteiger partial charge in [0.25, 0.3) is 0 Å². The van der Waals surface area contributed by atoms with E-state index in [4.69, 9.17) is 21.1 Å². The van der Waals surface area contributed by atoms with Gasteiger partial charge in [0, 0.05) is 15.9 Å². The molecule has 0 aliphatic carbocycles. The van der Waals surface area contributed by atoms with Crippen molar-refractivity contribution in [2.45, 2.75) is 12.5 Å². The summed E-state index contributed by atoms with van der Waals surface area (Å²) in [7, 11) is 1.56. The van der Waals surface area contributed by atoms with Crippen molar-refractivity contribution >= 4 is 27.5 Å². The average molecular weight is 360 g/mol. The van der Waals surface area contributed by atoms with E-state index < -0.39 is 0 Å². The Balaban J connectivity index is 2.19. The van der Waals surface area contributed by atoms with Crippen molar-refractivity contribution in [1.82, 2.24) is 0 Å². The lowest BCUT2D eigenvalue weighted by Crippen LogP contribution is -2.00. The number of methoxy groups -OCH3 is 1. The van der Waals surface area contributed by atoms with Crippen LogP contribution in [0.1, 0.15) is 11.1 Å². The molecule has 0 unspecified atom stereocenters. The summed E-state index contributed by atoms with van der Waals surface area (Å²) in [5.41, 5.74) is 1.38. The van der Waals surface area contributed by atoms with E-state index in [9.17, 15) is 4.39 Å². The van der Waals surface area contributed by atoms with Gasteiger partial charge in [0.1, 0.15) is 12.4 Å². The van der Waals surface area contributed by atoms with Gasteiger partial charge in [-0.2, -0.15) is 0 Å². The summed E-state index contributed by atoms with van der Waals surface area (Å²) < 4.78 is 25.3. The van der Waals surface area contributed by atoms with Gasteiger partial charge in [0.2, 0.25) is 0 Å². The Morgan fingerprint density at radius 3 is 2.65 bits per heavy atom. The van der Waals surface area contributed by atoms with E-state index in [-0.39, 0.29) is 12.4 Å². The summed E-state index contributed by atoms with van der Waals surface area (Å²) in [6, 6.07) is 10.2. The number of ether oxygens (including phenoxy) is 2. The van der Waals surface area contributed by atoms with Crippen LogP contribution in [0, 0.1) is 5.82 Å². The van der Waals surface area contributed by atoms with E-state index in [1.54, 1.807) is 31.4 Å². The molecule has 2 nitrogen and oxygen atoms in total. The summed E-state index contributed by atoms with van der Waals surface area (Å²) in [6.07, 6.45) is 0. The third kappa shape index (κ3) is 3.64. The largest absolute Gasteiger partial charge is 0.493 e. The number of rotatable bonds is 5. The van der Waals surface area contributed by atoms with Gasteiger partial charge in [-0.3, -0.25) is 0 Å². The van der Waals surface area contributed by atoms with Crippen molar-refractivity contribution < 1.29 is 13.9 Å². The molecule has 2 rings (SSSR count). The Morgan fingerprint density at radius 2 is 1.95 bits per heavy atom. The second-order valence-electron chi connectivity index (χ2n) is 4.14. The number of alkyl halides is 1. The third-order valence-electron chi connectivity index (χ3n) is 2.77. The standard InChI is InChI=1S/C15H13BrClFO2/c1-19-14-5-2-10(8-17)6-15(14)20-9-11-7-12(16)3-4-13(11)18/h2-7H,8-9H2,1H3. The summed E-state index contributed by atoms with van der Waals surface area (Å²) in [5, 5.41) is 0. The molecule has 2 aromatic rings. The molecule has 106 valence electrons. The third-order valence-corrected chi connectivity index (χ3v) is 3.58. The molecule has 2 aromatic carbocycles. The summed E-state index contributed by atoms with van der Waals surface area (Å²) >= 11 is 9.10. The van der Waals surface area contributed by atoms with Crippen LogP contribution in [0.2, 0.25) is 0 Å². The molecule has 5 heteroatoms. The first-order chi connectivity index (χ1) is 9.63. The quantitative estimate of drug-likeness (QED) is 0.706. The predicted molar refractivity (Wildman–Crippen MR) is 81.0 cm³/mol. The molecular formula is C15H13BrClFO2. The molecule has 0 aliphatic heterocycles. The minimum Gasteiger partial charge on any atom is -0.493 e. The lowest BCUT2D eigenvalue weighted by molar-refractivity contribution is 0.279. The minimum absolute atomic E-state index is 0.118. The van der Waals surface area contributed by atoms with Gasteiger partial charge >= 0.3 is 0 Å². The van der Waals surface area contributed by atoms with Gasteiger partial charge in [-0.15, -0.1) is 11.6 Å². The van der Waals surface area contributed by atoms with Crippen molar-refractivity contribution in [1.29, 1.82) is 0 Å². The molecule has 0 N–H and O–H groups in total. The summed E-state index contributed by atoms with van der Waals surface area (Å²) in [5.74, 6) is 1.21. The first-order valence-corrected chi connectivity index (χ1v) is 7.26. The fourth-order valence-electron chi connectivity index (χ4n) is 1.73. The van der Waals surface area contributed by atoms with Crippen LogP contribution in [-0.4, -0.2) is 7.11 Å². The van der Waals surface area contributed by atoms with Crippen molar-refractivity contribution in [2.75, 3.05) is 7.11 Å². The molecule has 0 amide bonds. The van der Waals surface area contributed by atoms with Gasteiger partial charge in [0.15, 0.2) is 11.5 Å². The Hall–Kier alpha value is -1.26. The van der Waals surface area contributed by atoms with Crippen LogP contribution in [0.25, 0.3) is 0 Å². The molecule has 0 spiro atoms. The highest BCUT2D eigenvalue weighted by molar-refractivity contribution is 9.10. The van der Waals surface area contributed by atoms with E-state index in [1.165, 1.54) is 6.07 Å². The second kappa shape index (κ2) is 6.95. The Labute approximate surface area is 130 Å². The average Bonchev–Trinajstić information content (AvgIpc) is 2.47. The fourth-order valence-corrected chi connectivity index (χ4v) is 2.30. The fraction of sp³-hybridized carbons (Fsp3) is 0.200. The predicted octanol–water partition coefficient (Wildman–Crippen LogP) is 4.91. The molecular weight excluding hydrogens is 347 g/mol. The molecule has 0 bridgehead atoms. The first kappa shape index (κ1) is 15.1. The zero-order chi connectivity index (χ0) is 14.5. The number of hydrogen-bond acceptors (Lipinski definition) is 2. The van der Waals surface area contributed by atoms with Crippen molar-refractivity contribution in [2.24, 2.45) is 0 Å². The highest BCUT2D eigenvalue weighted by Gasteiger charge is 2.08. The molecule has 0 fully saturated rings. The SMILES string of the molecule is COc1ccc(CCl)cc1OCc1cc(Br)ccc1F. The van der Waals surface area contributed by atoms with E-state index in [2.05, 4.69) is 15.9 Å². The summed E-state index contributed by atoms with van der Waals surface area (Å²) in [4.78, 5) is 0. The van der Waals surface area contributed by atoms with Crippen LogP contribution < -0.4 is 9.47 Å². The second-order valence-corrected chi connectivity index (χ2v) is 5.33. The minimum atomic E-state index is -0.305. The zero-order valence-electron chi connectivity index (χ0n) is 10.8. The maximum atomic E-state index is 13.6. The van der Waals surface area contributed by atoms with E-state index in [0.29, 0.717) is 22.9 Å². The van der Waals surface area contributed by atoms with Crippen molar-refractivity contribution in [3.63, 3.8) is 0 Å². The number of hydrogen-bond donors (Lipinski definition) is 0. The maximum Gasteiger partial charge on any atom is 0.161 e. The molecule has 0 heterocycles. The highest BCUT2D eigenvalue weighted by atomic mass is 79.9. The molecule has 20 heavy (non-hydrogen) atoms. The Bertz CT molecular complexity index is 604. The Morgan fingerprint density at radius 1 is 1.15 bits per heavy atom. The summed E-state index contributed by atoms with van der Waals surface area (Å²) in [6.45, 7) is 0.118. The van der Waals surface area contributed by atoms with Crippen LogP contribution in [0.5, 0.6) is 11.5 Å². The van der Waals surface area contributed by atoms with Gasteiger partial charge in [-0.05, 0) is 35.9 Å². The highest BCUT2D eigenvalue weighted by Crippen LogP contribution is 2.30. The topological polar surface area (TPSA) is 18.5 Å². The molecule has 0 radical (unpaired) electrons. The van der Waals surface area contributed by atoms with Crippen molar-refractivity contribution in [3.05, 3.63) is 57.8 Å². The van der Waals surface area contributed by atoms with Crippen LogP contribution >= 0.6 is 27.5 Å². The van der Waals surface area contributed by atoms with Crippen molar-refractivity contribution in [3.8, 4) is 11.5 Å². The zero-order valence-corrected chi connectivity index (χ0v) is 13.2. The van der Waals surface area contributed by atoms with E-state index >= 15 is 0 Å². The molecule has 0 saturated heterocycles. The smallest absolute Gasteiger partial charge is 0.161 e. The van der Waals surface area contributed by atoms with Crippen LogP contribution in [0.4, 0.5) is 4.39 Å². The molecule has 0 saturated carbocycles.